The Kier molecular flexibility index (Phi) is 6.80. The van der Waals surface area contributed by atoms with E-state index >= 15 is 4.39 Å². The van der Waals surface area contributed by atoms with Crippen LogP contribution < -0.4 is 20.7 Å². The molecule has 0 saturated carbocycles. The fraction of sp³-hybridized carbons (Fsp3) is 0.400. The minimum Gasteiger partial charge on any atom is -0.392 e. The van der Waals surface area contributed by atoms with Crippen LogP contribution in [0.5, 0.6) is 0 Å². The molecular weight excluding hydrogens is 585 g/mol. The zero-order chi connectivity index (χ0) is 31.7. The lowest BCUT2D eigenvalue weighted by atomic mass is 9.73. The Balaban J connectivity index is 1.08. The number of hydrogen-bond acceptors (Lipinski definition) is 7. The minimum absolute atomic E-state index is 0.197. The van der Waals surface area contributed by atoms with Crippen molar-refractivity contribution in [1.29, 1.82) is 0 Å². The first kappa shape index (κ1) is 29.0. The average molecular weight is 624 g/mol. The molecule has 11 heteroatoms. The number of anilines is 4. The summed E-state index contributed by atoms with van der Waals surface area (Å²) >= 11 is 0. The Bertz CT molecular complexity index is 1920. The third-order valence-corrected chi connectivity index (χ3v) is 10.2. The van der Waals surface area contributed by atoms with Crippen molar-refractivity contribution in [1.82, 2.24) is 19.0 Å². The number of carbonyl (C=O) groups is 1. The van der Waals surface area contributed by atoms with Gasteiger partial charge in [-0.05, 0) is 80.3 Å². The quantitative estimate of drug-likeness (QED) is 0.336. The fourth-order valence-corrected chi connectivity index (χ4v) is 8.13. The highest BCUT2D eigenvalue weighted by molar-refractivity contribution is 6.07. The van der Waals surface area contributed by atoms with Gasteiger partial charge in [0.25, 0.3) is 11.5 Å². The highest BCUT2D eigenvalue weighted by Crippen LogP contribution is 2.41. The van der Waals surface area contributed by atoms with E-state index in [9.17, 15) is 14.7 Å². The molecule has 8 rings (SSSR count). The summed E-state index contributed by atoms with van der Waals surface area (Å²) in [6.07, 6.45) is 7.60. The van der Waals surface area contributed by atoms with Crippen molar-refractivity contribution in [2.24, 2.45) is 12.5 Å². The topological polar surface area (TPSA) is 98.9 Å². The lowest BCUT2D eigenvalue weighted by molar-refractivity contribution is -0.00241. The number of fused-ring (bicyclic) bond motifs is 3. The molecule has 0 unspecified atom stereocenters. The summed E-state index contributed by atoms with van der Waals surface area (Å²) in [5.74, 6) is -0.210. The number of aromatic nitrogens is 3. The molecule has 0 radical (unpaired) electrons. The van der Waals surface area contributed by atoms with Gasteiger partial charge in [0.1, 0.15) is 23.0 Å². The Hall–Kier alpha value is -4.48. The maximum absolute atomic E-state index is 15.3. The molecule has 238 valence electrons. The number of aryl methyl sites for hydroxylation is 2. The monoisotopic (exact) mass is 623 g/mol. The molecule has 6 heterocycles. The van der Waals surface area contributed by atoms with Crippen LogP contribution in [0.15, 0.2) is 53.6 Å². The van der Waals surface area contributed by atoms with E-state index in [0.29, 0.717) is 52.4 Å². The number of carbonyl (C=O) groups excluding carboxylic acids is 1. The number of aliphatic hydroxyl groups excluding tert-OH is 1. The molecular formula is C35H38FN7O3. The van der Waals surface area contributed by atoms with Gasteiger partial charge in [-0.25, -0.2) is 9.37 Å². The van der Waals surface area contributed by atoms with Crippen LogP contribution in [0.25, 0.3) is 11.1 Å². The summed E-state index contributed by atoms with van der Waals surface area (Å²) < 4.78 is 18.9. The third kappa shape index (κ3) is 4.72. The number of halogens is 1. The van der Waals surface area contributed by atoms with Gasteiger partial charge in [-0.2, -0.15) is 0 Å². The molecule has 3 aromatic heterocycles. The van der Waals surface area contributed by atoms with E-state index in [4.69, 9.17) is 0 Å². The zero-order valence-electron chi connectivity index (χ0n) is 26.2. The normalized spacial score (nSPS) is 18.7. The summed E-state index contributed by atoms with van der Waals surface area (Å²) in [6.45, 7) is 4.89. The standard InChI is InChI=1S/C35H38FN7O3/c1-39-18-35(19-39)20-41(21-35)25-7-8-32(37-15-25)38-28-11-23(16-40(2)33(28)45)26-13-24(36)14-30(27(26)17-44)43-10-9-42-29-6-4-3-5-22(29)12-31(42)34(43)46/h7-8,11-16,44H,3-6,9-10,17-21H2,1-2H3,(H,37,38). The van der Waals surface area contributed by atoms with E-state index in [1.54, 1.807) is 24.2 Å². The van der Waals surface area contributed by atoms with Gasteiger partial charge >= 0.3 is 0 Å². The van der Waals surface area contributed by atoms with Crippen LogP contribution in [-0.2, 0) is 33.0 Å². The Morgan fingerprint density at radius 1 is 1.00 bits per heavy atom. The summed E-state index contributed by atoms with van der Waals surface area (Å²) in [6, 6.07) is 10.2. The zero-order valence-corrected chi connectivity index (χ0v) is 26.2. The second kappa shape index (κ2) is 10.8. The average Bonchev–Trinajstić information content (AvgIpc) is 3.40. The van der Waals surface area contributed by atoms with E-state index in [0.717, 1.165) is 57.5 Å². The highest BCUT2D eigenvalue weighted by atomic mass is 19.1. The van der Waals surface area contributed by atoms with Crippen LogP contribution in [0.2, 0.25) is 0 Å². The molecule has 4 aliphatic rings. The molecule has 1 aromatic carbocycles. The number of aliphatic hydroxyl groups is 1. The van der Waals surface area contributed by atoms with E-state index in [1.807, 2.05) is 24.4 Å². The number of amides is 1. The SMILES string of the molecule is CN1CC2(C1)CN(c1ccc(Nc3cc(-c4cc(F)cc(N5CCn6c(cc7c6CCCC7)C5=O)c4CO)cn(C)c3=O)nc1)C2. The van der Waals surface area contributed by atoms with Crippen molar-refractivity contribution in [2.45, 2.75) is 38.8 Å². The molecule has 2 fully saturated rings. The van der Waals surface area contributed by atoms with Crippen molar-refractivity contribution in [2.75, 3.05) is 54.9 Å². The molecule has 46 heavy (non-hydrogen) atoms. The summed E-state index contributed by atoms with van der Waals surface area (Å²) in [5, 5.41) is 13.8. The van der Waals surface area contributed by atoms with E-state index in [1.165, 1.54) is 28.0 Å². The molecule has 2 saturated heterocycles. The predicted molar refractivity (Wildman–Crippen MR) is 175 cm³/mol. The van der Waals surface area contributed by atoms with Gasteiger partial charge in [0, 0.05) is 74.7 Å². The molecule has 3 aliphatic heterocycles. The fourth-order valence-electron chi connectivity index (χ4n) is 8.13. The van der Waals surface area contributed by atoms with Gasteiger partial charge in [-0.15, -0.1) is 0 Å². The first-order valence-electron chi connectivity index (χ1n) is 16.1. The number of nitrogens with one attached hydrogen (secondary N) is 1. The Labute approximate surface area is 266 Å². The predicted octanol–water partition coefficient (Wildman–Crippen LogP) is 3.91. The first-order valence-corrected chi connectivity index (χ1v) is 16.1. The molecule has 1 aliphatic carbocycles. The highest BCUT2D eigenvalue weighted by Gasteiger charge is 2.50. The lowest BCUT2D eigenvalue weighted by Crippen LogP contribution is -2.71. The maximum atomic E-state index is 15.3. The molecule has 1 amide bonds. The van der Waals surface area contributed by atoms with Crippen molar-refractivity contribution < 1.29 is 14.3 Å². The number of likely N-dealkylation sites (tertiary alicyclic amines) is 1. The molecule has 4 aromatic rings. The van der Waals surface area contributed by atoms with Gasteiger partial charge in [-0.1, -0.05) is 0 Å². The van der Waals surface area contributed by atoms with Crippen LogP contribution in [0.1, 0.15) is 40.2 Å². The van der Waals surface area contributed by atoms with Crippen LogP contribution in [0.4, 0.5) is 27.3 Å². The first-order chi connectivity index (χ1) is 22.2. The van der Waals surface area contributed by atoms with Crippen LogP contribution in [-0.4, -0.2) is 69.8 Å². The van der Waals surface area contributed by atoms with Gasteiger partial charge < -0.3 is 34.3 Å². The number of pyridine rings is 2. The Morgan fingerprint density at radius 3 is 2.54 bits per heavy atom. The summed E-state index contributed by atoms with van der Waals surface area (Å²) in [4.78, 5) is 37.8. The number of nitrogens with zero attached hydrogens (tertiary/aromatic N) is 6. The van der Waals surface area contributed by atoms with Crippen molar-refractivity contribution in [3.8, 4) is 11.1 Å². The van der Waals surface area contributed by atoms with Crippen molar-refractivity contribution >= 4 is 28.8 Å². The van der Waals surface area contributed by atoms with E-state index < -0.39 is 12.4 Å². The molecule has 0 atom stereocenters. The largest absolute Gasteiger partial charge is 0.392 e. The number of benzene rings is 1. The molecule has 1 spiro atoms. The van der Waals surface area contributed by atoms with Crippen LogP contribution in [0, 0.1) is 11.2 Å². The van der Waals surface area contributed by atoms with Crippen LogP contribution in [0.3, 0.4) is 0 Å². The molecule has 0 bridgehead atoms. The lowest BCUT2D eigenvalue weighted by Gasteiger charge is -2.60. The van der Waals surface area contributed by atoms with Crippen molar-refractivity contribution in [3.63, 3.8) is 0 Å². The third-order valence-electron chi connectivity index (χ3n) is 10.2. The minimum atomic E-state index is -0.530. The van der Waals surface area contributed by atoms with Gasteiger partial charge in [0.05, 0.1) is 24.2 Å². The van der Waals surface area contributed by atoms with Crippen LogP contribution >= 0.6 is 0 Å². The van der Waals surface area contributed by atoms with Gasteiger partial charge in [0.2, 0.25) is 0 Å². The van der Waals surface area contributed by atoms with Gasteiger partial charge in [0.15, 0.2) is 0 Å². The molecule has 2 N–H and O–H groups in total. The van der Waals surface area contributed by atoms with Crippen molar-refractivity contribution in [3.05, 3.63) is 87.5 Å². The summed E-state index contributed by atoms with van der Waals surface area (Å²) in [5.41, 5.74) is 6.26. The van der Waals surface area contributed by atoms with E-state index in [-0.39, 0.29) is 17.2 Å². The smallest absolute Gasteiger partial charge is 0.274 e. The molecule has 10 nitrogen and oxygen atoms in total. The van der Waals surface area contributed by atoms with E-state index in [2.05, 4.69) is 31.7 Å². The maximum Gasteiger partial charge on any atom is 0.274 e. The number of hydrogen-bond donors (Lipinski definition) is 2. The second-order valence-electron chi connectivity index (χ2n) is 13.5. The van der Waals surface area contributed by atoms with Gasteiger partial charge in [-0.3, -0.25) is 9.59 Å². The summed E-state index contributed by atoms with van der Waals surface area (Å²) in [7, 11) is 3.78. The number of rotatable bonds is 6. The Morgan fingerprint density at radius 2 is 1.80 bits per heavy atom. The second-order valence-corrected chi connectivity index (χ2v) is 13.5.